The molecule has 0 saturated carbocycles. The lowest BCUT2D eigenvalue weighted by molar-refractivity contribution is -0.116. The van der Waals surface area contributed by atoms with Crippen LogP contribution in [0.4, 0.5) is 5.69 Å². The van der Waals surface area contributed by atoms with Gasteiger partial charge in [-0.15, -0.1) is 0 Å². The van der Waals surface area contributed by atoms with Gasteiger partial charge in [0.05, 0.1) is 0 Å². The molecule has 0 bridgehead atoms. The van der Waals surface area contributed by atoms with Gasteiger partial charge in [0, 0.05) is 25.0 Å². The highest BCUT2D eigenvalue weighted by Crippen LogP contribution is 2.14. The molecule has 0 radical (unpaired) electrons. The molecule has 24 heavy (non-hydrogen) atoms. The van der Waals surface area contributed by atoms with Crippen LogP contribution in [-0.2, 0) is 11.8 Å². The van der Waals surface area contributed by atoms with Crippen molar-refractivity contribution in [3.63, 3.8) is 0 Å². The lowest BCUT2D eigenvalue weighted by Crippen LogP contribution is -2.39. The van der Waals surface area contributed by atoms with Crippen LogP contribution in [-0.4, -0.2) is 34.4 Å². The summed E-state index contributed by atoms with van der Waals surface area (Å²) < 4.78 is 1.85. The maximum Gasteiger partial charge on any atom is 0.270 e. The summed E-state index contributed by atoms with van der Waals surface area (Å²) >= 11 is 0. The Morgan fingerprint density at radius 3 is 2.42 bits per heavy atom. The minimum Gasteiger partial charge on any atom is -0.344 e. The Bertz CT molecular complexity index is 734. The van der Waals surface area contributed by atoms with E-state index in [1.165, 1.54) is 0 Å². The lowest BCUT2D eigenvalue weighted by atomic mass is 10.2. The zero-order valence-electron chi connectivity index (χ0n) is 14.8. The predicted octanol–water partition coefficient (Wildman–Crippen LogP) is 3.13. The first kappa shape index (κ1) is 17.8. The molecule has 0 atom stereocenters. The Morgan fingerprint density at radius 1 is 1.12 bits per heavy atom. The Kier molecular flexibility index (Phi) is 5.79. The summed E-state index contributed by atoms with van der Waals surface area (Å²) in [7, 11) is 1.86. The van der Waals surface area contributed by atoms with E-state index in [1.54, 1.807) is 11.0 Å². The molecule has 1 aromatic heterocycles. The zero-order valence-corrected chi connectivity index (χ0v) is 14.8. The van der Waals surface area contributed by atoms with Gasteiger partial charge >= 0.3 is 0 Å². The molecule has 0 saturated heterocycles. The summed E-state index contributed by atoms with van der Waals surface area (Å²) in [4.78, 5) is 26.7. The predicted molar refractivity (Wildman–Crippen MR) is 96.2 cm³/mol. The first-order chi connectivity index (χ1) is 11.4. The van der Waals surface area contributed by atoms with Crippen molar-refractivity contribution in [3.05, 3.63) is 53.3 Å². The largest absolute Gasteiger partial charge is 0.344 e. The highest BCUT2D eigenvalue weighted by Gasteiger charge is 2.21. The molecule has 128 valence electrons. The number of nitrogens with one attached hydrogen (secondary N) is 1. The SMILES string of the molecule is CCCN(CC(=O)Nc1ccccc1C)C(=O)c1ccc(C)n1C. The number of anilines is 1. The normalized spacial score (nSPS) is 10.5. The van der Waals surface area contributed by atoms with Gasteiger partial charge in [0.1, 0.15) is 12.2 Å². The topological polar surface area (TPSA) is 54.3 Å². The molecule has 5 heteroatoms. The molecule has 0 unspecified atom stereocenters. The number of hydrogen-bond donors (Lipinski definition) is 1. The number of nitrogens with zero attached hydrogens (tertiary/aromatic N) is 2. The molecule has 0 aliphatic rings. The number of carbonyl (C=O) groups is 2. The van der Waals surface area contributed by atoms with Crippen molar-refractivity contribution in [3.8, 4) is 0 Å². The molecule has 5 nitrogen and oxygen atoms in total. The molecule has 1 aromatic carbocycles. The third-order valence-corrected chi connectivity index (χ3v) is 4.13. The van der Waals surface area contributed by atoms with Gasteiger partial charge in [-0.05, 0) is 44.0 Å². The summed E-state index contributed by atoms with van der Waals surface area (Å²) in [5.74, 6) is -0.301. The van der Waals surface area contributed by atoms with E-state index in [0.717, 1.165) is 23.4 Å². The van der Waals surface area contributed by atoms with Crippen molar-refractivity contribution >= 4 is 17.5 Å². The van der Waals surface area contributed by atoms with Crippen molar-refractivity contribution in [2.75, 3.05) is 18.4 Å². The van der Waals surface area contributed by atoms with Crippen molar-refractivity contribution < 1.29 is 9.59 Å². The van der Waals surface area contributed by atoms with Gasteiger partial charge in [-0.1, -0.05) is 25.1 Å². The summed E-state index contributed by atoms with van der Waals surface area (Å²) in [5.41, 5.74) is 3.39. The summed E-state index contributed by atoms with van der Waals surface area (Å²) in [5, 5.41) is 2.89. The number of para-hydroxylation sites is 1. The van der Waals surface area contributed by atoms with Crippen LogP contribution < -0.4 is 5.32 Å². The monoisotopic (exact) mass is 327 g/mol. The zero-order chi connectivity index (χ0) is 17.7. The Morgan fingerprint density at radius 2 is 1.83 bits per heavy atom. The second-order valence-electron chi connectivity index (χ2n) is 6.01. The molecule has 2 rings (SSSR count). The van der Waals surface area contributed by atoms with E-state index in [-0.39, 0.29) is 18.4 Å². The van der Waals surface area contributed by atoms with Crippen LogP contribution in [0.5, 0.6) is 0 Å². The molecule has 1 heterocycles. The van der Waals surface area contributed by atoms with Crippen LogP contribution in [0.3, 0.4) is 0 Å². The average Bonchev–Trinajstić information content (AvgIpc) is 2.88. The number of aryl methyl sites for hydroxylation is 2. The second kappa shape index (κ2) is 7.81. The fourth-order valence-corrected chi connectivity index (χ4v) is 2.59. The van der Waals surface area contributed by atoms with E-state index in [0.29, 0.717) is 12.2 Å². The van der Waals surface area contributed by atoms with Gasteiger partial charge in [0.25, 0.3) is 5.91 Å². The van der Waals surface area contributed by atoms with Gasteiger partial charge in [0.2, 0.25) is 5.91 Å². The highest BCUT2D eigenvalue weighted by molar-refractivity contribution is 5.99. The molecule has 1 N–H and O–H groups in total. The maximum absolute atomic E-state index is 12.7. The first-order valence-corrected chi connectivity index (χ1v) is 8.21. The molecular weight excluding hydrogens is 302 g/mol. The molecule has 0 fully saturated rings. The van der Waals surface area contributed by atoms with Crippen molar-refractivity contribution in [1.29, 1.82) is 0 Å². The van der Waals surface area contributed by atoms with E-state index in [1.807, 2.05) is 62.7 Å². The van der Waals surface area contributed by atoms with Crippen LogP contribution in [0.25, 0.3) is 0 Å². The molecule has 0 aliphatic carbocycles. The molecule has 2 aromatic rings. The number of rotatable bonds is 6. The number of amides is 2. The van der Waals surface area contributed by atoms with Gasteiger partial charge in [0.15, 0.2) is 0 Å². The summed E-state index contributed by atoms with van der Waals surface area (Å²) in [6.07, 6.45) is 0.798. The van der Waals surface area contributed by atoms with Gasteiger partial charge in [-0.2, -0.15) is 0 Å². The van der Waals surface area contributed by atoms with Gasteiger partial charge in [-0.25, -0.2) is 0 Å². The quantitative estimate of drug-likeness (QED) is 0.886. The van der Waals surface area contributed by atoms with E-state index in [2.05, 4.69) is 5.32 Å². The minimum absolute atomic E-state index is 0.0469. The fraction of sp³-hybridized carbons (Fsp3) is 0.368. The molecule has 0 spiro atoms. The fourth-order valence-electron chi connectivity index (χ4n) is 2.59. The Balaban J connectivity index is 2.10. The summed E-state index contributed by atoms with van der Waals surface area (Å²) in [6, 6.07) is 11.3. The Hall–Kier alpha value is -2.56. The number of carbonyl (C=O) groups excluding carboxylic acids is 2. The van der Waals surface area contributed by atoms with Crippen molar-refractivity contribution in [2.24, 2.45) is 7.05 Å². The highest BCUT2D eigenvalue weighted by atomic mass is 16.2. The second-order valence-corrected chi connectivity index (χ2v) is 6.01. The standard InChI is InChI=1S/C19H25N3O2/c1-5-12-22(19(24)17-11-10-15(3)21(17)4)13-18(23)20-16-9-7-6-8-14(16)2/h6-11H,5,12-13H2,1-4H3,(H,20,23). The van der Waals surface area contributed by atoms with Crippen LogP contribution in [0.2, 0.25) is 0 Å². The van der Waals surface area contributed by atoms with Crippen LogP contribution >= 0.6 is 0 Å². The van der Waals surface area contributed by atoms with E-state index < -0.39 is 0 Å². The van der Waals surface area contributed by atoms with Gasteiger partial charge in [-0.3, -0.25) is 9.59 Å². The van der Waals surface area contributed by atoms with Crippen molar-refractivity contribution in [2.45, 2.75) is 27.2 Å². The van der Waals surface area contributed by atoms with E-state index in [4.69, 9.17) is 0 Å². The first-order valence-electron chi connectivity index (χ1n) is 8.21. The number of hydrogen-bond acceptors (Lipinski definition) is 2. The maximum atomic E-state index is 12.7. The van der Waals surface area contributed by atoms with Crippen LogP contribution in [0, 0.1) is 13.8 Å². The average molecular weight is 327 g/mol. The van der Waals surface area contributed by atoms with E-state index in [9.17, 15) is 9.59 Å². The van der Waals surface area contributed by atoms with Crippen LogP contribution in [0.15, 0.2) is 36.4 Å². The number of aromatic nitrogens is 1. The van der Waals surface area contributed by atoms with Gasteiger partial charge < -0.3 is 14.8 Å². The molecular formula is C19H25N3O2. The number of benzene rings is 1. The van der Waals surface area contributed by atoms with Crippen molar-refractivity contribution in [1.82, 2.24) is 9.47 Å². The Labute approximate surface area is 143 Å². The smallest absolute Gasteiger partial charge is 0.270 e. The lowest BCUT2D eigenvalue weighted by Gasteiger charge is -2.22. The third-order valence-electron chi connectivity index (χ3n) is 4.13. The van der Waals surface area contributed by atoms with Crippen LogP contribution in [0.1, 0.15) is 35.1 Å². The molecule has 0 aliphatic heterocycles. The minimum atomic E-state index is -0.183. The summed E-state index contributed by atoms with van der Waals surface area (Å²) in [6.45, 7) is 6.48. The van der Waals surface area contributed by atoms with E-state index >= 15 is 0 Å². The third kappa shape index (κ3) is 4.04. The molecule has 2 amide bonds.